The van der Waals surface area contributed by atoms with Gasteiger partial charge in [0.25, 0.3) is 5.56 Å². The Kier molecular flexibility index (Phi) is 4.78. The zero-order valence-corrected chi connectivity index (χ0v) is 15.0. The minimum atomic E-state index is -1.62. The first-order valence-electron chi connectivity index (χ1n) is 8.83. The molecule has 0 bridgehead atoms. The maximum Gasteiger partial charge on any atom is 0.251 e. The SMILES string of the molecule is O=c1ccccn1C(c1ccccn1)C(O)(c1cccnc1)c1cccnc1. The molecule has 0 saturated heterocycles. The van der Waals surface area contributed by atoms with Crippen LogP contribution in [-0.2, 0) is 5.60 Å². The Morgan fingerprint density at radius 2 is 1.50 bits per heavy atom. The fourth-order valence-electron chi connectivity index (χ4n) is 3.41. The number of hydrogen-bond donors (Lipinski definition) is 1. The summed E-state index contributed by atoms with van der Waals surface area (Å²) >= 11 is 0. The van der Waals surface area contributed by atoms with Crippen LogP contribution in [0.5, 0.6) is 0 Å². The molecule has 0 aliphatic heterocycles. The number of nitrogens with zero attached hydrogens (tertiary/aromatic N) is 4. The highest BCUT2D eigenvalue weighted by atomic mass is 16.3. The van der Waals surface area contributed by atoms with E-state index in [9.17, 15) is 9.90 Å². The van der Waals surface area contributed by atoms with Crippen LogP contribution in [0.2, 0.25) is 0 Å². The first-order valence-corrected chi connectivity index (χ1v) is 8.83. The van der Waals surface area contributed by atoms with Gasteiger partial charge in [-0.25, -0.2) is 0 Å². The fraction of sp³-hybridized carbons (Fsp3) is 0.0909. The van der Waals surface area contributed by atoms with Crippen LogP contribution >= 0.6 is 0 Å². The number of aliphatic hydroxyl groups is 1. The number of pyridine rings is 4. The third-order valence-electron chi connectivity index (χ3n) is 4.70. The molecule has 4 aromatic rings. The van der Waals surface area contributed by atoms with Gasteiger partial charge >= 0.3 is 0 Å². The second-order valence-electron chi connectivity index (χ2n) is 6.35. The molecule has 1 N–H and O–H groups in total. The van der Waals surface area contributed by atoms with Crippen molar-refractivity contribution in [2.24, 2.45) is 0 Å². The summed E-state index contributed by atoms with van der Waals surface area (Å²) in [5.41, 5.74) is -0.249. The van der Waals surface area contributed by atoms with Crippen molar-refractivity contribution in [3.8, 4) is 0 Å². The van der Waals surface area contributed by atoms with E-state index < -0.39 is 11.6 Å². The lowest BCUT2D eigenvalue weighted by Gasteiger charge is -2.37. The third-order valence-corrected chi connectivity index (χ3v) is 4.70. The predicted octanol–water partition coefficient (Wildman–Crippen LogP) is 2.56. The summed E-state index contributed by atoms with van der Waals surface area (Å²) < 4.78 is 1.49. The molecule has 138 valence electrons. The summed E-state index contributed by atoms with van der Waals surface area (Å²) in [5, 5.41) is 12.2. The van der Waals surface area contributed by atoms with E-state index in [-0.39, 0.29) is 5.56 Å². The lowest BCUT2D eigenvalue weighted by molar-refractivity contribution is 0.0347. The second kappa shape index (κ2) is 7.54. The largest absolute Gasteiger partial charge is 0.378 e. The average molecular weight is 370 g/mol. The summed E-state index contributed by atoms with van der Waals surface area (Å²) in [6.07, 6.45) is 9.76. The minimum absolute atomic E-state index is 0.246. The van der Waals surface area contributed by atoms with Gasteiger partial charge in [0, 0.05) is 54.4 Å². The average Bonchev–Trinajstić information content (AvgIpc) is 2.77. The van der Waals surface area contributed by atoms with E-state index in [2.05, 4.69) is 15.0 Å². The maximum absolute atomic E-state index is 12.7. The summed E-state index contributed by atoms with van der Waals surface area (Å²) in [5.74, 6) is 0. The van der Waals surface area contributed by atoms with Crippen molar-refractivity contribution < 1.29 is 5.11 Å². The Hall–Kier alpha value is -3.64. The first kappa shape index (κ1) is 17.8. The smallest absolute Gasteiger partial charge is 0.251 e. The molecular weight excluding hydrogens is 352 g/mol. The standard InChI is InChI=1S/C22H18N4O2/c27-20-10-2-4-14-26(20)21(19-9-1-3-13-25-19)22(28,17-7-5-11-23-15-17)18-8-6-12-24-16-18/h1-16,21,28H. The van der Waals surface area contributed by atoms with E-state index in [1.54, 1.807) is 85.7 Å². The van der Waals surface area contributed by atoms with Gasteiger partial charge in [-0.05, 0) is 30.3 Å². The van der Waals surface area contributed by atoms with Gasteiger partial charge in [-0.3, -0.25) is 19.7 Å². The van der Waals surface area contributed by atoms with Crippen LogP contribution in [0.15, 0.2) is 103 Å². The molecule has 0 aliphatic carbocycles. The molecule has 4 heterocycles. The molecule has 0 spiro atoms. The Balaban J connectivity index is 2.06. The van der Waals surface area contributed by atoms with E-state index in [1.165, 1.54) is 10.6 Å². The van der Waals surface area contributed by atoms with E-state index >= 15 is 0 Å². The van der Waals surface area contributed by atoms with Gasteiger partial charge in [-0.1, -0.05) is 24.3 Å². The van der Waals surface area contributed by atoms with Crippen molar-refractivity contribution in [2.75, 3.05) is 0 Å². The van der Waals surface area contributed by atoms with Gasteiger partial charge in [-0.2, -0.15) is 0 Å². The van der Waals surface area contributed by atoms with E-state index in [4.69, 9.17) is 0 Å². The molecule has 0 saturated carbocycles. The number of rotatable bonds is 5. The van der Waals surface area contributed by atoms with Crippen molar-refractivity contribution in [1.29, 1.82) is 0 Å². The molecular formula is C22H18N4O2. The summed E-state index contributed by atoms with van der Waals surface area (Å²) in [4.78, 5) is 25.5. The van der Waals surface area contributed by atoms with Crippen LogP contribution in [0.3, 0.4) is 0 Å². The molecule has 6 heteroatoms. The van der Waals surface area contributed by atoms with Gasteiger partial charge in [0.05, 0.1) is 5.69 Å². The van der Waals surface area contributed by atoms with E-state index in [1.807, 2.05) is 6.07 Å². The van der Waals surface area contributed by atoms with Crippen LogP contribution in [0.1, 0.15) is 22.9 Å². The minimum Gasteiger partial charge on any atom is -0.378 e. The molecule has 0 radical (unpaired) electrons. The molecule has 0 aliphatic rings. The summed E-state index contributed by atoms with van der Waals surface area (Å²) in [6.45, 7) is 0. The molecule has 0 aromatic carbocycles. The van der Waals surface area contributed by atoms with Gasteiger partial charge in [0.2, 0.25) is 0 Å². The van der Waals surface area contributed by atoms with Gasteiger partial charge in [0.1, 0.15) is 11.6 Å². The molecule has 0 fully saturated rings. The lowest BCUT2D eigenvalue weighted by Crippen LogP contribution is -2.43. The van der Waals surface area contributed by atoms with Crippen LogP contribution in [0.25, 0.3) is 0 Å². The molecule has 4 rings (SSSR count). The monoisotopic (exact) mass is 370 g/mol. The molecule has 1 unspecified atom stereocenters. The van der Waals surface area contributed by atoms with Crippen LogP contribution in [0, 0.1) is 0 Å². The predicted molar refractivity (Wildman–Crippen MR) is 105 cm³/mol. The highest BCUT2D eigenvalue weighted by molar-refractivity contribution is 5.38. The molecule has 1 atom stereocenters. The van der Waals surface area contributed by atoms with Gasteiger partial charge in [0.15, 0.2) is 0 Å². The highest BCUT2D eigenvalue weighted by Gasteiger charge is 2.44. The molecule has 4 aromatic heterocycles. The molecule has 28 heavy (non-hydrogen) atoms. The third kappa shape index (κ3) is 3.10. The van der Waals surface area contributed by atoms with E-state index in [0.29, 0.717) is 16.8 Å². The lowest BCUT2D eigenvalue weighted by atomic mass is 9.79. The van der Waals surface area contributed by atoms with Crippen molar-refractivity contribution >= 4 is 0 Å². The van der Waals surface area contributed by atoms with Crippen LogP contribution in [0.4, 0.5) is 0 Å². The van der Waals surface area contributed by atoms with Crippen molar-refractivity contribution in [3.05, 3.63) is 125 Å². The Bertz CT molecular complexity index is 1060. The van der Waals surface area contributed by atoms with Crippen molar-refractivity contribution in [3.63, 3.8) is 0 Å². The van der Waals surface area contributed by atoms with Crippen LogP contribution in [-0.4, -0.2) is 24.6 Å². The maximum atomic E-state index is 12.7. The topological polar surface area (TPSA) is 80.9 Å². The zero-order chi connectivity index (χ0) is 19.4. The number of aromatic nitrogens is 4. The Morgan fingerprint density at radius 1 is 0.821 bits per heavy atom. The van der Waals surface area contributed by atoms with Gasteiger partial charge < -0.3 is 9.67 Å². The number of hydrogen-bond acceptors (Lipinski definition) is 5. The summed E-state index contributed by atoms with van der Waals surface area (Å²) in [7, 11) is 0. The highest BCUT2D eigenvalue weighted by Crippen LogP contribution is 2.41. The van der Waals surface area contributed by atoms with Crippen molar-refractivity contribution in [2.45, 2.75) is 11.6 Å². The Labute approximate surface area is 161 Å². The fourth-order valence-corrected chi connectivity index (χ4v) is 3.41. The molecule has 0 amide bonds. The zero-order valence-electron chi connectivity index (χ0n) is 15.0. The first-order chi connectivity index (χ1) is 13.7. The molecule has 6 nitrogen and oxygen atoms in total. The Morgan fingerprint density at radius 3 is 2.04 bits per heavy atom. The normalized spacial score (nSPS) is 12.5. The second-order valence-corrected chi connectivity index (χ2v) is 6.35. The summed E-state index contributed by atoms with van der Waals surface area (Å²) in [6, 6.07) is 16.5. The van der Waals surface area contributed by atoms with Gasteiger partial charge in [-0.15, -0.1) is 0 Å². The van der Waals surface area contributed by atoms with E-state index in [0.717, 1.165) is 0 Å². The van der Waals surface area contributed by atoms with Crippen LogP contribution < -0.4 is 5.56 Å². The van der Waals surface area contributed by atoms with Crippen molar-refractivity contribution in [1.82, 2.24) is 19.5 Å². The quantitative estimate of drug-likeness (QED) is 0.584.